The van der Waals surface area contributed by atoms with E-state index in [4.69, 9.17) is 19.9 Å². The number of anilines is 3. The monoisotopic (exact) mass is 425 g/mol. The zero-order chi connectivity index (χ0) is 22.7. The predicted molar refractivity (Wildman–Crippen MR) is 111 cm³/mol. The van der Waals surface area contributed by atoms with Crippen LogP contribution >= 0.6 is 0 Å². The maximum atomic E-state index is 12.4. The highest BCUT2D eigenvalue weighted by molar-refractivity contribution is 5.76. The fourth-order valence-corrected chi connectivity index (χ4v) is 2.34. The molecule has 0 fully saturated rings. The van der Waals surface area contributed by atoms with Crippen molar-refractivity contribution in [2.75, 3.05) is 35.8 Å². The molecule has 0 aromatic carbocycles. The number of nitrogen functional groups attached to an aromatic ring is 1. The molecule has 1 aromatic rings. The SMILES string of the molecule is CC(C)(C)C(=O)OCCCOC(OC(=O)C(C)(C)C)N1CNc2c1nc(N)[nH]c2=O. The molecule has 2 heterocycles. The molecule has 168 valence electrons. The van der Waals surface area contributed by atoms with Crippen molar-refractivity contribution >= 4 is 29.4 Å². The first-order chi connectivity index (χ1) is 13.8. The third-order valence-corrected chi connectivity index (χ3v) is 4.09. The van der Waals surface area contributed by atoms with Crippen LogP contribution in [0.4, 0.5) is 17.5 Å². The zero-order valence-electron chi connectivity index (χ0n) is 18.3. The lowest BCUT2D eigenvalue weighted by molar-refractivity contribution is -0.188. The topological polar surface area (TPSA) is 149 Å². The molecule has 11 heteroatoms. The lowest BCUT2D eigenvalue weighted by Crippen LogP contribution is -2.43. The normalized spacial score (nSPS) is 14.7. The number of fused-ring (bicyclic) bond motifs is 1. The van der Waals surface area contributed by atoms with Gasteiger partial charge in [-0.05, 0) is 41.5 Å². The molecule has 1 unspecified atom stereocenters. The summed E-state index contributed by atoms with van der Waals surface area (Å²) in [6.07, 6.45) is -0.748. The van der Waals surface area contributed by atoms with Gasteiger partial charge in [0, 0.05) is 6.42 Å². The maximum Gasteiger partial charge on any atom is 0.314 e. The summed E-state index contributed by atoms with van der Waals surface area (Å²) in [5, 5.41) is 2.89. The first-order valence-electron chi connectivity index (χ1n) is 9.71. The van der Waals surface area contributed by atoms with Crippen LogP contribution in [0.1, 0.15) is 48.0 Å². The Labute approximate surface area is 175 Å². The number of carbonyl (C=O) groups excluding carboxylic acids is 2. The van der Waals surface area contributed by atoms with E-state index in [0.29, 0.717) is 6.42 Å². The Bertz CT molecular complexity index is 839. The van der Waals surface area contributed by atoms with Gasteiger partial charge in [0.15, 0.2) is 5.82 Å². The van der Waals surface area contributed by atoms with E-state index in [2.05, 4.69) is 15.3 Å². The number of rotatable bonds is 7. The molecule has 0 radical (unpaired) electrons. The van der Waals surface area contributed by atoms with Crippen LogP contribution in [0.15, 0.2) is 4.79 Å². The number of nitrogens with zero attached hydrogens (tertiary/aromatic N) is 2. The molecular weight excluding hydrogens is 394 g/mol. The third-order valence-electron chi connectivity index (χ3n) is 4.09. The molecule has 0 saturated carbocycles. The number of carbonyl (C=O) groups is 2. The zero-order valence-corrected chi connectivity index (χ0v) is 18.3. The summed E-state index contributed by atoms with van der Waals surface area (Å²) in [4.78, 5) is 44.3. The van der Waals surface area contributed by atoms with E-state index < -0.39 is 28.8 Å². The highest BCUT2D eigenvalue weighted by Crippen LogP contribution is 2.29. The van der Waals surface area contributed by atoms with Crippen molar-refractivity contribution < 1.29 is 23.8 Å². The Kier molecular flexibility index (Phi) is 6.96. The fourth-order valence-electron chi connectivity index (χ4n) is 2.34. The highest BCUT2D eigenvalue weighted by atomic mass is 16.7. The van der Waals surface area contributed by atoms with Crippen LogP contribution in [0, 0.1) is 10.8 Å². The number of esters is 2. The summed E-state index contributed by atoms with van der Waals surface area (Å²) >= 11 is 0. The summed E-state index contributed by atoms with van der Waals surface area (Å²) in [6, 6.07) is 0. The molecule has 0 amide bonds. The molecule has 0 bridgehead atoms. The number of nitrogens with one attached hydrogen (secondary N) is 2. The summed E-state index contributed by atoms with van der Waals surface area (Å²) in [5.74, 6) is -0.641. The van der Waals surface area contributed by atoms with E-state index in [1.54, 1.807) is 41.5 Å². The molecule has 30 heavy (non-hydrogen) atoms. The van der Waals surface area contributed by atoms with Gasteiger partial charge in [-0.1, -0.05) is 0 Å². The summed E-state index contributed by atoms with van der Waals surface area (Å²) in [6.45, 7) is 10.9. The number of H-pyrrole nitrogens is 1. The van der Waals surface area contributed by atoms with Crippen LogP contribution in [-0.2, 0) is 23.8 Å². The van der Waals surface area contributed by atoms with Crippen molar-refractivity contribution in [3.05, 3.63) is 10.4 Å². The first-order valence-corrected chi connectivity index (χ1v) is 9.71. The average molecular weight is 425 g/mol. The summed E-state index contributed by atoms with van der Waals surface area (Å²) in [7, 11) is 0. The van der Waals surface area contributed by atoms with E-state index in [9.17, 15) is 14.4 Å². The predicted octanol–water partition coefficient (Wildman–Crippen LogP) is 1.41. The maximum absolute atomic E-state index is 12.4. The van der Waals surface area contributed by atoms with Gasteiger partial charge in [0.05, 0.1) is 30.7 Å². The molecule has 2 rings (SSSR count). The van der Waals surface area contributed by atoms with E-state index in [-0.39, 0.29) is 43.3 Å². The van der Waals surface area contributed by atoms with E-state index >= 15 is 0 Å². The molecule has 0 aliphatic carbocycles. The van der Waals surface area contributed by atoms with Crippen LogP contribution in [0.25, 0.3) is 0 Å². The van der Waals surface area contributed by atoms with Gasteiger partial charge in [-0.3, -0.25) is 24.3 Å². The number of hydrogen-bond acceptors (Lipinski definition) is 10. The molecule has 4 N–H and O–H groups in total. The molecule has 11 nitrogen and oxygen atoms in total. The van der Waals surface area contributed by atoms with Crippen LogP contribution < -0.4 is 21.5 Å². The Balaban J connectivity index is 2.07. The van der Waals surface area contributed by atoms with Crippen molar-refractivity contribution in [2.24, 2.45) is 10.8 Å². The third kappa shape index (κ3) is 5.85. The molecule has 0 saturated heterocycles. The minimum absolute atomic E-state index is 0.0672. The van der Waals surface area contributed by atoms with Crippen LogP contribution in [0.5, 0.6) is 0 Å². The van der Waals surface area contributed by atoms with Gasteiger partial charge in [0.25, 0.3) is 12.0 Å². The number of hydrogen-bond donors (Lipinski definition) is 3. The second-order valence-electron chi connectivity index (χ2n) is 9.03. The molecule has 1 aliphatic rings. The van der Waals surface area contributed by atoms with Gasteiger partial charge < -0.3 is 25.3 Å². The lowest BCUT2D eigenvalue weighted by Gasteiger charge is -2.30. The van der Waals surface area contributed by atoms with Gasteiger partial charge in [0.1, 0.15) is 5.69 Å². The van der Waals surface area contributed by atoms with Gasteiger partial charge >= 0.3 is 11.9 Å². The van der Waals surface area contributed by atoms with Crippen LogP contribution in [-0.4, -0.2) is 48.2 Å². The number of aromatic nitrogens is 2. The Hall–Kier alpha value is -2.82. The molecule has 1 aromatic heterocycles. The lowest BCUT2D eigenvalue weighted by atomic mass is 9.97. The Morgan fingerprint density at radius 2 is 1.77 bits per heavy atom. The number of ether oxygens (including phenoxy) is 3. The van der Waals surface area contributed by atoms with Gasteiger partial charge in [0.2, 0.25) is 5.95 Å². The molecule has 1 aliphatic heterocycles. The Morgan fingerprint density at radius 3 is 2.37 bits per heavy atom. The second-order valence-corrected chi connectivity index (χ2v) is 9.03. The van der Waals surface area contributed by atoms with Crippen molar-refractivity contribution in [3.63, 3.8) is 0 Å². The number of aromatic amines is 1. The van der Waals surface area contributed by atoms with Gasteiger partial charge in [-0.15, -0.1) is 0 Å². The van der Waals surface area contributed by atoms with Crippen LogP contribution in [0.2, 0.25) is 0 Å². The van der Waals surface area contributed by atoms with Gasteiger partial charge in [-0.25, -0.2) is 0 Å². The minimum Gasteiger partial charge on any atom is -0.465 e. The molecule has 1 atom stereocenters. The Morgan fingerprint density at radius 1 is 1.13 bits per heavy atom. The van der Waals surface area contributed by atoms with Crippen LogP contribution in [0.3, 0.4) is 0 Å². The number of nitrogens with two attached hydrogens (primary N) is 1. The largest absolute Gasteiger partial charge is 0.465 e. The molecular formula is C19H31N5O6. The van der Waals surface area contributed by atoms with Gasteiger partial charge in [-0.2, -0.15) is 4.98 Å². The van der Waals surface area contributed by atoms with Crippen molar-refractivity contribution in [1.82, 2.24) is 9.97 Å². The van der Waals surface area contributed by atoms with Crippen molar-refractivity contribution in [3.8, 4) is 0 Å². The van der Waals surface area contributed by atoms with E-state index in [1.165, 1.54) is 4.90 Å². The van der Waals surface area contributed by atoms with Crippen molar-refractivity contribution in [1.29, 1.82) is 0 Å². The van der Waals surface area contributed by atoms with E-state index in [1.807, 2.05) is 0 Å². The first kappa shape index (κ1) is 23.5. The molecule has 0 spiro atoms. The quantitative estimate of drug-likeness (QED) is 0.332. The second kappa shape index (κ2) is 8.90. The summed E-state index contributed by atoms with van der Waals surface area (Å²) in [5.41, 5.74) is 4.07. The standard InChI is InChI=1S/C19H31N5O6/c1-18(2,3)14(26)28-8-7-9-29-17(30-15(27)19(4,5)6)24-10-21-11-12(24)22-16(20)23-13(11)25/h17,21H,7-10H2,1-6H3,(H3,20,22,23,25). The smallest absolute Gasteiger partial charge is 0.314 e. The summed E-state index contributed by atoms with van der Waals surface area (Å²) < 4.78 is 16.5. The van der Waals surface area contributed by atoms with Crippen molar-refractivity contribution in [2.45, 2.75) is 54.4 Å². The average Bonchev–Trinajstić information content (AvgIpc) is 3.02. The fraction of sp³-hybridized carbons (Fsp3) is 0.684. The highest BCUT2D eigenvalue weighted by Gasteiger charge is 2.35. The van der Waals surface area contributed by atoms with E-state index in [0.717, 1.165) is 0 Å². The minimum atomic E-state index is -1.14.